The summed E-state index contributed by atoms with van der Waals surface area (Å²) in [5.74, 6) is -0.731. The lowest BCUT2D eigenvalue weighted by atomic mass is 9.92. The van der Waals surface area contributed by atoms with Gasteiger partial charge in [-0.15, -0.1) is 0 Å². The van der Waals surface area contributed by atoms with Crippen molar-refractivity contribution in [2.75, 3.05) is 6.61 Å². The Hall–Kier alpha value is -0.843. The van der Waals surface area contributed by atoms with E-state index < -0.39 is 19.1 Å². The number of hydrogen-bond donors (Lipinski definition) is 1. The van der Waals surface area contributed by atoms with Crippen molar-refractivity contribution in [2.45, 2.75) is 65.2 Å². The maximum absolute atomic E-state index is 12.6. The number of rotatable bonds is 8. The topological polar surface area (TPSA) is 63.6 Å². The highest BCUT2D eigenvalue weighted by Gasteiger charge is 2.52. The summed E-state index contributed by atoms with van der Waals surface area (Å²) in [5, 5.41) is 8.42. The third-order valence-electron chi connectivity index (χ3n) is 3.58. The molecule has 0 bridgehead atoms. The number of carboxylic acid groups (broad SMARTS) is 1. The van der Waals surface area contributed by atoms with E-state index in [0.29, 0.717) is 13.0 Å². The minimum atomic E-state index is -2.05. The Bertz CT molecular complexity index is 344. The maximum atomic E-state index is 12.6. The van der Waals surface area contributed by atoms with Crippen molar-refractivity contribution in [3.8, 4) is 0 Å². The summed E-state index contributed by atoms with van der Waals surface area (Å²) in [7, 11) is -2.05. The molecule has 0 aromatic heterocycles. The molecule has 0 rings (SSSR count). The summed E-state index contributed by atoms with van der Waals surface area (Å²) in [4.78, 5) is 23.9. The average Bonchev–Trinajstić information content (AvgIpc) is 2.21. The molecular formula is C15H30O4Si. The fourth-order valence-electron chi connectivity index (χ4n) is 2.44. The molecule has 1 unspecified atom stereocenters. The van der Waals surface area contributed by atoms with E-state index in [9.17, 15) is 14.7 Å². The van der Waals surface area contributed by atoms with Crippen molar-refractivity contribution >= 4 is 20.0 Å². The molecule has 0 aromatic rings. The summed E-state index contributed by atoms with van der Waals surface area (Å²) in [6.07, 6.45) is 0.448. The molecule has 0 spiro atoms. The lowest BCUT2D eigenvalue weighted by molar-refractivity contribution is -0.153. The second kappa shape index (κ2) is 7.25. The van der Waals surface area contributed by atoms with E-state index in [-0.39, 0.29) is 24.2 Å². The molecule has 0 aliphatic rings. The van der Waals surface area contributed by atoms with Gasteiger partial charge in [-0.25, -0.2) is 0 Å². The zero-order valence-corrected chi connectivity index (χ0v) is 14.9. The van der Waals surface area contributed by atoms with Crippen molar-refractivity contribution in [2.24, 2.45) is 11.8 Å². The van der Waals surface area contributed by atoms with E-state index in [4.69, 9.17) is 4.74 Å². The van der Waals surface area contributed by atoms with Crippen LogP contribution >= 0.6 is 0 Å². The highest BCUT2D eigenvalue weighted by molar-refractivity contribution is 6.82. The lowest BCUT2D eigenvalue weighted by Gasteiger charge is -2.41. The zero-order valence-electron chi connectivity index (χ0n) is 13.9. The average molecular weight is 302 g/mol. The summed E-state index contributed by atoms with van der Waals surface area (Å²) in [6, 6.07) is 0. The standard InChI is InChI=1S/C15H30O4Si/c1-11(2)8-15(9-13(16)17,20(5,6)7)14(18)19-10-12(3)4/h11-12H,8-10H2,1-7H3,(H,16,17). The molecule has 20 heavy (non-hydrogen) atoms. The second-order valence-corrected chi connectivity index (χ2v) is 13.0. The third kappa shape index (κ3) is 5.27. The Morgan fingerprint density at radius 2 is 1.60 bits per heavy atom. The van der Waals surface area contributed by atoms with Crippen LogP contribution in [0.4, 0.5) is 0 Å². The molecule has 0 fully saturated rings. The first kappa shape index (κ1) is 19.2. The Balaban J connectivity index is 5.48. The predicted molar refractivity (Wildman–Crippen MR) is 83.5 cm³/mol. The van der Waals surface area contributed by atoms with Gasteiger partial charge in [0, 0.05) is 0 Å². The summed E-state index contributed by atoms with van der Waals surface area (Å²) >= 11 is 0. The predicted octanol–water partition coefficient (Wildman–Crippen LogP) is 3.79. The van der Waals surface area contributed by atoms with E-state index in [1.54, 1.807) is 0 Å². The van der Waals surface area contributed by atoms with Crippen LogP contribution in [-0.2, 0) is 14.3 Å². The van der Waals surface area contributed by atoms with Gasteiger partial charge in [0.25, 0.3) is 0 Å². The van der Waals surface area contributed by atoms with Crippen molar-refractivity contribution in [3.05, 3.63) is 0 Å². The smallest absolute Gasteiger partial charge is 0.309 e. The first-order valence-corrected chi connectivity index (χ1v) is 10.8. The van der Waals surface area contributed by atoms with Crippen LogP contribution in [0.1, 0.15) is 40.5 Å². The Labute approximate surface area is 123 Å². The number of carboxylic acids is 1. The molecule has 118 valence electrons. The SMILES string of the molecule is CC(C)COC(=O)C(CC(=O)O)(CC(C)C)[Si](C)(C)C. The molecular weight excluding hydrogens is 272 g/mol. The molecule has 0 radical (unpaired) electrons. The van der Waals surface area contributed by atoms with E-state index in [1.165, 1.54) is 0 Å². The van der Waals surface area contributed by atoms with E-state index >= 15 is 0 Å². The number of ether oxygens (including phenoxy) is 1. The van der Waals surface area contributed by atoms with Gasteiger partial charge in [0.15, 0.2) is 0 Å². The van der Waals surface area contributed by atoms with Crippen LogP contribution < -0.4 is 0 Å². The van der Waals surface area contributed by atoms with Crippen molar-refractivity contribution in [1.29, 1.82) is 0 Å². The molecule has 0 aliphatic heterocycles. The van der Waals surface area contributed by atoms with Gasteiger partial charge < -0.3 is 9.84 Å². The van der Waals surface area contributed by atoms with Crippen LogP contribution in [0.5, 0.6) is 0 Å². The highest BCUT2D eigenvalue weighted by Crippen LogP contribution is 2.48. The Morgan fingerprint density at radius 3 is 1.90 bits per heavy atom. The normalized spacial score (nSPS) is 15.2. The molecule has 0 amide bonds. The van der Waals surface area contributed by atoms with E-state index in [2.05, 4.69) is 19.6 Å². The molecule has 0 saturated heterocycles. The summed E-state index contributed by atoms with van der Waals surface area (Å²) in [5.41, 5.74) is 0. The van der Waals surface area contributed by atoms with Gasteiger partial charge in [0.05, 0.1) is 26.1 Å². The van der Waals surface area contributed by atoms with Gasteiger partial charge in [-0.2, -0.15) is 0 Å². The van der Waals surface area contributed by atoms with Crippen LogP contribution in [0.3, 0.4) is 0 Å². The molecule has 0 aliphatic carbocycles. The molecule has 0 aromatic carbocycles. The van der Waals surface area contributed by atoms with Crippen molar-refractivity contribution < 1.29 is 19.4 Å². The van der Waals surface area contributed by atoms with Gasteiger partial charge >= 0.3 is 11.9 Å². The van der Waals surface area contributed by atoms with Crippen LogP contribution in [0.25, 0.3) is 0 Å². The molecule has 0 saturated carbocycles. The first-order chi connectivity index (χ1) is 8.92. The zero-order chi connectivity index (χ0) is 16.1. The quantitative estimate of drug-likeness (QED) is 0.547. The van der Waals surface area contributed by atoms with Gasteiger partial charge in [-0.1, -0.05) is 47.3 Å². The fraction of sp³-hybridized carbons (Fsp3) is 0.867. The highest BCUT2D eigenvalue weighted by atomic mass is 28.3. The first-order valence-electron chi connectivity index (χ1n) is 7.31. The van der Waals surface area contributed by atoms with Crippen LogP contribution in [-0.4, -0.2) is 31.7 Å². The lowest BCUT2D eigenvalue weighted by Crippen LogP contribution is -2.48. The Morgan fingerprint density at radius 1 is 1.10 bits per heavy atom. The van der Waals surface area contributed by atoms with Crippen LogP contribution in [0.2, 0.25) is 24.7 Å². The largest absolute Gasteiger partial charge is 0.481 e. The number of hydrogen-bond acceptors (Lipinski definition) is 3. The summed E-state index contributed by atoms with van der Waals surface area (Å²) in [6.45, 7) is 14.5. The molecule has 1 atom stereocenters. The van der Waals surface area contributed by atoms with Crippen LogP contribution in [0.15, 0.2) is 0 Å². The van der Waals surface area contributed by atoms with Gasteiger partial charge in [-0.3, -0.25) is 9.59 Å². The van der Waals surface area contributed by atoms with Crippen LogP contribution in [0, 0.1) is 11.8 Å². The summed E-state index contributed by atoms with van der Waals surface area (Å²) < 4.78 is 5.43. The van der Waals surface area contributed by atoms with E-state index in [1.807, 2.05) is 27.7 Å². The van der Waals surface area contributed by atoms with Gasteiger partial charge in [0.1, 0.15) is 0 Å². The fourth-order valence-corrected chi connectivity index (χ4v) is 4.83. The molecule has 4 nitrogen and oxygen atoms in total. The van der Waals surface area contributed by atoms with Crippen molar-refractivity contribution in [3.63, 3.8) is 0 Å². The minimum Gasteiger partial charge on any atom is -0.481 e. The molecule has 0 heterocycles. The van der Waals surface area contributed by atoms with E-state index in [0.717, 1.165) is 0 Å². The second-order valence-electron chi connectivity index (χ2n) is 7.49. The molecule has 1 N–H and O–H groups in total. The monoisotopic (exact) mass is 302 g/mol. The van der Waals surface area contributed by atoms with Crippen molar-refractivity contribution in [1.82, 2.24) is 0 Å². The number of aliphatic carboxylic acids is 1. The Kier molecular flexibility index (Phi) is 6.94. The molecule has 5 heteroatoms. The number of esters is 1. The third-order valence-corrected chi connectivity index (χ3v) is 7.04. The number of carbonyl (C=O) groups excluding carboxylic acids is 1. The minimum absolute atomic E-state index is 0.127. The van der Waals surface area contributed by atoms with Gasteiger partial charge in [-0.05, 0) is 18.3 Å². The number of carbonyl (C=O) groups is 2. The maximum Gasteiger partial charge on any atom is 0.309 e. The van der Waals surface area contributed by atoms with Gasteiger partial charge in [0.2, 0.25) is 0 Å².